The van der Waals surface area contributed by atoms with Crippen LogP contribution in [0.4, 0.5) is 0 Å². The summed E-state index contributed by atoms with van der Waals surface area (Å²) < 4.78 is 7.10. The number of carbonyl (C=O) groups is 2. The lowest BCUT2D eigenvalue weighted by atomic mass is 9.93. The maximum atomic E-state index is 13.6. The van der Waals surface area contributed by atoms with Crippen LogP contribution >= 0.6 is 0 Å². The van der Waals surface area contributed by atoms with Crippen LogP contribution < -0.4 is 5.32 Å². The molecular weight excluding hydrogens is 404 g/mol. The minimum Gasteiger partial charge on any atom is -0.463 e. The van der Waals surface area contributed by atoms with E-state index in [1.807, 2.05) is 38.1 Å². The Morgan fingerprint density at radius 2 is 2.06 bits per heavy atom. The van der Waals surface area contributed by atoms with Gasteiger partial charge in [-0.15, -0.1) is 0 Å². The molecule has 168 valence electrons. The zero-order valence-corrected chi connectivity index (χ0v) is 19.1. The fourth-order valence-corrected chi connectivity index (χ4v) is 4.09. The lowest BCUT2D eigenvalue weighted by Crippen LogP contribution is -2.63. The van der Waals surface area contributed by atoms with Crippen molar-refractivity contribution in [1.29, 1.82) is 0 Å². The van der Waals surface area contributed by atoms with Gasteiger partial charge in [0.1, 0.15) is 16.9 Å². The predicted molar refractivity (Wildman–Crippen MR) is 122 cm³/mol. The van der Waals surface area contributed by atoms with E-state index >= 15 is 0 Å². The van der Waals surface area contributed by atoms with Crippen molar-refractivity contribution < 1.29 is 14.0 Å². The monoisotopic (exact) mass is 434 g/mol. The molecule has 0 fully saturated rings. The lowest BCUT2D eigenvalue weighted by molar-refractivity contribution is -0.133. The van der Waals surface area contributed by atoms with Crippen molar-refractivity contribution in [3.8, 4) is 11.5 Å². The van der Waals surface area contributed by atoms with Crippen molar-refractivity contribution in [2.24, 2.45) is 5.92 Å². The Bertz CT molecular complexity index is 1120. The molecule has 2 amide bonds. The molecule has 0 saturated heterocycles. The van der Waals surface area contributed by atoms with Gasteiger partial charge in [-0.3, -0.25) is 14.3 Å². The van der Waals surface area contributed by atoms with Crippen LogP contribution in [0.25, 0.3) is 11.5 Å². The number of nitrogens with zero attached hydrogens (tertiary/aromatic N) is 3. The Morgan fingerprint density at radius 1 is 1.25 bits per heavy atom. The topological polar surface area (TPSA) is 80.4 Å². The first-order valence-electron chi connectivity index (χ1n) is 11.1. The molecule has 0 radical (unpaired) electrons. The van der Waals surface area contributed by atoms with Crippen LogP contribution in [-0.2, 0) is 17.9 Å². The number of aryl methyl sites for hydroxylation is 1. The lowest BCUT2D eigenvalue weighted by Gasteiger charge is -2.43. The zero-order valence-electron chi connectivity index (χ0n) is 19.1. The number of benzene rings is 1. The van der Waals surface area contributed by atoms with E-state index in [2.05, 4.69) is 24.3 Å². The summed E-state index contributed by atoms with van der Waals surface area (Å²) in [6.45, 7) is 9.27. The number of carbonyl (C=O) groups excluding carboxylic acids is 2. The van der Waals surface area contributed by atoms with Crippen LogP contribution in [0.5, 0.6) is 0 Å². The van der Waals surface area contributed by atoms with Gasteiger partial charge in [-0.05, 0) is 43.9 Å². The van der Waals surface area contributed by atoms with E-state index in [-0.39, 0.29) is 18.4 Å². The molecule has 7 heteroatoms. The first-order valence-corrected chi connectivity index (χ1v) is 11.1. The van der Waals surface area contributed by atoms with Gasteiger partial charge in [-0.25, -0.2) is 0 Å². The standard InChI is InChI=1S/C25H30N4O3/c1-17(2)10-11-26-24(31)25(4)16-29-21(14-20(27-29)22-9-6-12-32-22)23(30)28(25)15-19-8-5-7-18(3)13-19/h5-9,12-14,17H,10-11,15-16H2,1-4H3,(H,26,31)/t25-/m0/s1. The number of nitrogens with one attached hydrogen (secondary N) is 1. The second-order valence-electron chi connectivity index (χ2n) is 9.14. The Morgan fingerprint density at radius 3 is 2.75 bits per heavy atom. The molecular formula is C25H30N4O3. The third kappa shape index (κ3) is 4.20. The molecule has 0 aliphatic carbocycles. The third-order valence-corrected chi connectivity index (χ3v) is 5.99. The van der Waals surface area contributed by atoms with Crippen LogP contribution in [0.3, 0.4) is 0 Å². The van der Waals surface area contributed by atoms with Crippen LogP contribution in [0.1, 0.15) is 48.8 Å². The molecule has 3 aromatic rings. The number of hydrogen-bond donors (Lipinski definition) is 1. The van der Waals surface area contributed by atoms with E-state index in [9.17, 15) is 9.59 Å². The van der Waals surface area contributed by atoms with Gasteiger partial charge in [0, 0.05) is 19.2 Å². The fraction of sp³-hybridized carbons (Fsp3) is 0.400. The van der Waals surface area contributed by atoms with Gasteiger partial charge in [0.05, 0.1) is 12.8 Å². The van der Waals surface area contributed by atoms with Crippen molar-refractivity contribution in [2.45, 2.75) is 52.7 Å². The van der Waals surface area contributed by atoms with Gasteiger partial charge < -0.3 is 14.6 Å². The first kappa shape index (κ1) is 21.9. The Labute approximate surface area is 188 Å². The average molecular weight is 435 g/mol. The van der Waals surface area contributed by atoms with Crippen LogP contribution in [-0.4, -0.2) is 38.6 Å². The number of fused-ring (bicyclic) bond motifs is 1. The zero-order chi connectivity index (χ0) is 22.9. The number of furan rings is 1. The quantitative estimate of drug-likeness (QED) is 0.609. The normalized spacial score (nSPS) is 18.2. The summed E-state index contributed by atoms with van der Waals surface area (Å²) in [6, 6.07) is 13.3. The molecule has 3 heterocycles. The maximum Gasteiger partial charge on any atom is 0.273 e. The minimum atomic E-state index is -1.07. The van der Waals surface area contributed by atoms with E-state index in [1.165, 1.54) is 0 Å². The van der Waals surface area contributed by atoms with Crippen LogP contribution in [0.2, 0.25) is 0 Å². The highest BCUT2D eigenvalue weighted by Gasteiger charge is 2.48. The predicted octanol–water partition coefficient (Wildman–Crippen LogP) is 4.03. The van der Waals surface area contributed by atoms with Crippen molar-refractivity contribution >= 4 is 11.8 Å². The third-order valence-electron chi connectivity index (χ3n) is 5.99. The largest absolute Gasteiger partial charge is 0.463 e. The van der Waals surface area contributed by atoms with Gasteiger partial charge in [-0.1, -0.05) is 43.7 Å². The highest BCUT2D eigenvalue weighted by atomic mass is 16.3. The van der Waals surface area contributed by atoms with Gasteiger partial charge in [-0.2, -0.15) is 5.10 Å². The Kier molecular flexibility index (Phi) is 5.91. The molecule has 1 aromatic carbocycles. The number of aromatic nitrogens is 2. The fourth-order valence-electron chi connectivity index (χ4n) is 4.09. The summed E-state index contributed by atoms with van der Waals surface area (Å²) in [6.07, 6.45) is 2.45. The molecule has 1 aliphatic rings. The number of amides is 2. The van der Waals surface area contributed by atoms with E-state index < -0.39 is 5.54 Å². The van der Waals surface area contributed by atoms with Gasteiger partial charge in [0.2, 0.25) is 5.91 Å². The SMILES string of the molecule is Cc1cccc(CN2C(=O)c3cc(-c4ccco4)nn3C[C@@]2(C)C(=O)NCCC(C)C)c1. The molecule has 0 spiro atoms. The van der Waals surface area contributed by atoms with E-state index in [0.29, 0.717) is 36.2 Å². The average Bonchev–Trinajstić information content (AvgIpc) is 3.40. The molecule has 1 atom stereocenters. The summed E-state index contributed by atoms with van der Waals surface area (Å²) in [7, 11) is 0. The smallest absolute Gasteiger partial charge is 0.273 e. The number of hydrogen-bond acceptors (Lipinski definition) is 4. The Balaban J connectivity index is 1.69. The van der Waals surface area contributed by atoms with Gasteiger partial charge in [0.25, 0.3) is 5.91 Å². The van der Waals surface area contributed by atoms with E-state index in [0.717, 1.165) is 17.5 Å². The maximum absolute atomic E-state index is 13.6. The molecule has 1 N–H and O–H groups in total. The molecule has 1 aliphatic heterocycles. The second-order valence-corrected chi connectivity index (χ2v) is 9.14. The second kappa shape index (κ2) is 8.65. The summed E-state index contributed by atoms with van der Waals surface area (Å²) >= 11 is 0. The molecule has 0 bridgehead atoms. The van der Waals surface area contributed by atoms with E-state index in [4.69, 9.17) is 4.42 Å². The molecule has 7 nitrogen and oxygen atoms in total. The highest BCUT2D eigenvalue weighted by molar-refractivity contribution is 6.00. The van der Waals surface area contributed by atoms with E-state index in [1.54, 1.807) is 34.0 Å². The minimum absolute atomic E-state index is 0.167. The molecule has 4 rings (SSSR count). The Hall–Kier alpha value is -3.35. The molecule has 32 heavy (non-hydrogen) atoms. The first-order chi connectivity index (χ1) is 15.3. The highest BCUT2D eigenvalue weighted by Crippen LogP contribution is 2.31. The van der Waals surface area contributed by atoms with Crippen molar-refractivity contribution in [3.63, 3.8) is 0 Å². The molecule has 0 unspecified atom stereocenters. The molecule has 0 saturated carbocycles. The van der Waals surface area contributed by atoms with Crippen LogP contribution in [0, 0.1) is 12.8 Å². The summed E-state index contributed by atoms with van der Waals surface area (Å²) in [5, 5.41) is 7.63. The van der Waals surface area contributed by atoms with Gasteiger partial charge >= 0.3 is 0 Å². The summed E-state index contributed by atoms with van der Waals surface area (Å²) in [5.74, 6) is 0.686. The van der Waals surface area contributed by atoms with Crippen molar-refractivity contribution in [1.82, 2.24) is 20.0 Å². The molecule has 2 aromatic heterocycles. The van der Waals surface area contributed by atoms with Crippen LogP contribution in [0.15, 0.2) is 53.1 Å². The van der Waals surface area contributed by atoms with Crippen molar-refractivity contribution in [3.05, 3.63) is 65.5 Å². The summed E-state index contributed by atoms with van der Waals surface area (Å²) in [5.41, 5.74) is 2.06. The van der Waals surface area contributed by atoms with Gasteiger partial charge in [0.15, 0.2) is 5.76 Å². The van der Waals surface area contributed by atoms with Crippen molar-refractivity contribution in [2.75, 3.05) is 6.54 Å². The number of rotatable bonds is 7. The summed E-state index contributed by atoms with van der Waals surface area (Å²) in [4.78, 5) is 28.7.